The molecule has 0 aliphatic rings. The lowest BCUT2D eigenvalue weighted by atomic mass is 10.1. The first kappa shape index (κ1) is 15.1. The number of thiazole rings is 1. The van der Waals surface area contributed by atoms with Gasteiger partial charge in [-0.2, -0.15) is 0 Å². The lowest BCUT2D eigenvalue weighted by Gasteiger charge is -2.29. The molecule has 18 heavy (non-hydrogen) atoms. The first-order valence-electron chi connectivity index (χ1n) is 6.40. The summed E-state index contributed by atoms with van der Waals surface area (Å²) in [6, 6.07) is 0.187. The summed E-state index contributed by atoms with van der Waals surface area (Å²) in [6.07, 6.45) is 1.80. The molecule has 0 spiro atoms. The third-order valence-electron chi connectivity index (χ3n) is 3.08. The van der Waals surface area contributed by atoms with Gasteiger partial charge in [-0.05, 0) is 26.7 Å². The molecule has 0 bridgehead atoms. The highest BCUT2D eigenvalue weighted by atomic mass is 32.1. The number of hydrogen-bond donors (Lipinski definition) is 1. The van der Waals surface area contributed by atoms with E-state index >= 15 is 0 Å². The highest BCUT2D eigenvalue weighted by Gasteiger charge is 2.25. The summed E-state index contributed by atoms with van der Waals surface area (Å²) in [7, 11) is 0. The number of hydrogen-bond acceptors (Lipinski definition) is 4. The van der Waals surface area contributed by atoms with Crippen molar-refractivity contribution in [2.75, 3.05) is 13.2 Å². The fourth-order valence-corrected chi connectivity index (χ4v) is 3.02. The monoisotopic (exact) mass is 270 g/mol. The van der Waals surface area contributed by atoms with E-state index in [1.165, 1.54) is 11.3 Å². The maximum Gasteiger partial charge on any atom is 0.266 e. The van der Waals surface area contributed by atoms with Crippen LogP contribution in [0, 0.1) is 13.8 Å². The van der Waals surface area contributed by atoms with Gasteiger partial charge < -0.3 is 10.0 Å². The summed E-state index contributed by atoms with van der Waals surface area (Å²) in [5.41, 5.74) is 0.788. The van der Waals surface area contributed by atoms with Gasteiger partial charge in [0.05, 0.1) is 17.3 Å². The molecular weight excluding hydrogens is 248 g/mol. The van der Waals surface area contributed by atoms with Crippen molar-refractivity contribution in [3.8, 4) is 0 Å². The van der Waals surface area contributed by atoms with Gasteiger partial charge in [-0.1, -0.05) is 13.8 Å². The van der Waals surface area contributed by atoms with Gasteiger partial charge in [0.2, 0.25) is 0 Å². The first-order chi connectivity index (χ1) is 8.54. The van der Waals surface area contributed by atoms with Crippen LogP contribution in [0.25, 0.3) is 0 Å². The molecule has 1 aromatic rings. The molecule has 0 radical (unpaired) electrons. The molecule has 0 atom stereocenters. The van der Waals surface area contributed by atoms with Crippen molar-refractivity contribution in [2.24, 2.45) is 0 Å². The van der Waals surface area contributed by atoms with E-state index in [0.717, 1.165) is 23.5 Å². The second-order valence-electron chi connectivity index (χ2n) is 4.34. The molecule has 102 valence electrons. The number of nitrogens with zero attached hydrogens (tertiary/aromatic N) is 2. The standard InChI is InChI=1S/C13H22N2O2S/c1-5-11(6-2)15(7-8-16)13(17)12-9(3)14-10(4)18-12/h11,16H,5-8H2,1-4H3. The average Bonchev–Trinajstić information content (AvgIpc) is 2.68. The van der Waals surface area contributed by atoms with Crippen LogP contribution in [0.4, 0.5) is 0 Å². The second-order valence-corrected chi connectivity index (χ2v) is 5.54. The number of aliphatic hydroxyl groups is 1. The van der Waals surface area contributed by atoms with E-state index in [9.17, 15) is 4.79 Å². The van der Waals surface area contributed by atoms with Gasteiger partial charge in [-0.3, -0.25) is 4.79 Å². The van der Waals surface area contributed by atoms with Gasteiger partial charge in [0.1, 0.15) is 4.88 Å². The van der Waals surface area contributed by atoms with Crippen LogP contribution in [0.15, 0.2) is 0 Å². The quantitative estimate of drug-likeness (QED) is 0.863. The summed E-state index contributed by atoms with van der Waals surface area (Å²) in [4.78, 5) is 19.3. The Morgan fingerprint density at radius 1 is 1.39 bits per heavy atom. The smallest absolute Gasteiger partial charge is 0.266 e. The molecular formula is C13H22N2O2S. The van der Waals surface area contributed by atoms with Crippen LogP contribution < -0.4 is 0 Å². The molecule has 5 heteroatoms. The fourth-order valence-electron chi connectivity index (χ4n) is 2.15. The van der Waals surface area contributed by atoms with E-state index in [2.05, 4.69) is 18.8 Å². The summed E-state index contributed by atoms with van der Waals surface area (Å²) < 4.78 is 0. The van der Waals surface area contributed by atoms with Crippen molar-refractivity contribution < 1.29 is 9.90 Å². The zero-order valence-electron chi connectivity index (χ0n) is 11.6. The molecule has 1 N–H and O–H groups in total. The van der Waals surface area contributed by atoms with Gasteiger partial charge in [0, 0.05) is 12.6 Å². The van der Waals surface area contributed by atoms with Gasteiger partial charge in [0.15, 0.2) is 0 Å². The number of amides is 1. The number of aliphatic hydroxyl groups excluding tert-OH is 1. The van der Waals surface area contributed by atoms with E-state index in [-0.39, 0.29) is 18.6 Å². The van der Waals surface area contributed by atoms with Crippen molar-refractivity contribution in [1.82, 2.24) is 9.88 Å². The maximum atomic E-state index is 12.5. The van der Waals surface area contributed by atoms with Crippen LogP contribution in [0.2, 0.25) is 0 Å². The molecule has 0 unspecified atom stereocenters. The van der Waals surface area contributed by atoms with E-state index in [4.69, 9.17) is 5.11 Å². The Hall–Kier alpha value is -0.940. The normalized spacial score (nSPS) is 11.0. The third kappa shape index (κ3) is 3.29. The SMILES string of the molecule is CCC(CC)N(CCO)C(=O)c1sc(C)nc1C. The zero-order valence-corrected chi connectivity index (χ0v) is 12.4. The lowest BCUT2D eigenvalue weighted by Crippen LogP contribution is -2.41. The Morgan fingerprint density at radius 3 is 2.39 bits per heavy atom. The Bertz CT molecular complexity index is 400. The molecule has 4 nitrogen and oxygen atoms in total. The maximum absolute atomic E-state index is 12.5. The molecule has 1 amide bonds. The van der Waals surface area contributed by atoms with Gasteiger partial charge in [-0.25, -0.2) is 4.98 Å². The van der Waals surface area contributed by atoms with Gasteiger partial charge in [0.25, 0.3) is 5.91 Å². The lowest BCUT2D eigenvalue weighted by molar-refractivity contribution is 0.0626. The third-order valence-corrected chi connectivity index (χ3v) is 4.14. The molecule has 1 rings (SSSR count). The predicted molar refractivity (Wildman–Crippen MR) is 74.1 cm³/mol. The minimum absolute atomic E-state index is 0.000787. The van der Waals surface area contributed by atoms with Crippen LogP contribution in [0.5, 0.6) is 0 Å². The first-order valence-corrected chi connectivity index (χ1v) is 7.22. The Morgan fingerprint density at radius 2 is 2.00 bits per heavy atom. The van der Waals surface area contributed by atoms with Gasteiger partial charge >= 0.3 is 0 Å². The second kappa shape index (κ2) is 6.85. The molecule has 0 aliphatic carbocycles. The summed E-state index contributed by atoms with van der Waals surface area (Å²) in [5, 5.41) is 10.0. The molecule has 1 aromatic heterocycles. The van der Waals surface area contributed by atoms with Crippen LogP contribution in [-0.4, -0.2) is 40.1 Å². The highest BCUT2D eigenvalue weighted by Crippen LogP contribution is 2.21. The number of aromatic nitrogens is 1. The van der Waals surface area contributed by atoms with E-state index in [0.29, 0.717) is 11.4 Å². The van der Waals surface area contributed by atoms with Crippen molar-refractivity contribution in [3.63, 3.8) is 0 Å². The Kier molecular flexibility index (Phi) is 5.75. The largest absolute Gasteiger partial charge is 0.395 e. The van der Waals surface area contributed by atoms with E-state index in [1.54, 1.807) is 4.90 Å². The van der Waals surface area contributed by atoms with E-state index in [1.807, 2.05) is 13.8 Å². The fraction of sp³-hybridized carbons (Fsp3) is 0.692. The molecule has 0 saturated heterocycles. The molecule has 0 aliphatic heterocycles. The van der Waals surface area contributed by atoms with Crippen molar-refractivity contribution in [3.05, 3.63) is 15.6 Å². The molecule has 0 fully saturated rings. The summed E-state index contributed by atoms with van der Waals surface area (Å²) in [5.74, 6) is 0.000787. The van der Waals surface area contributed by atoms with Crippen molar-refractivity contribution >= 4 is 17.2 Å². The minimum atomic E-state index is -0.000919. The predicted octanol–water partition coefficient (Wildman–Crippen LogP) is 2.38. The van der Waals surface area contributed by atoms with Crippen LogP contribution >= 0.6 is 11.3 Å². The van der Waals surface area contributed by atoms with Gasteiger partial charge in [-0.15, -0.1) is 11.3 Å². The highest BCUT2D eigenvalue weighted by molar-refractivity contribution is 7.13. The number of carbonyl (C=O) groups is 1. The van der Waals surface area contributed by atoms with Crippen LogP contribution in [0.1, 0.15) is 47.1 Å². The van der Waals surface area contributed by atoms with Crippen LogP contribution in [0.3, 0.4) is 0 Å². The average molecular weight is 270 g/mol. The van der Waals surface area contributed by atoms with E-state index < -0.39 is 0 Å². The minimum Gasteiger partial charge on any atom is -0.395 e. The Balaban J connectivity index is 2.98. The van der Waals surface area contributed by atoms with Crippen molar-refractivity contribution in [1.29, 1.82) is 0 Å². The zero-order chi connectivity index (χ0) is 13.7. The summed E-state index contributed by atoms with van der Waals surface area (Å²) >= 11 is 1.43. The molecule has 0 saturated carbocycles. The number of rotatable bonds is 6. The number of carbonyl (C=O) groups excluding carboxylic acids is 1. The Labute approximate surface area is 113 Å². The summed E-state index contributed by atoms with van der Waals surface area (Å²) in [6.45, 7) is 8.29. The van der Waals surface area contributed by atoms with Crippen molar-refractivity contribution in [2.45, 2.75) is 46.6 Å². The number of aryl methyl sites for hydroxylation is 2. The van der Waals surface area contributed by atoms with Crippen LogP contribution in [-0.2, 0) is 0 Å². The molecule has 0 aromatic carbocycles. The topological polar surface area (TPSA) is 53.4 Å². The molecule has 1 heterocycles.